The van der Waals surface area contributed by atoms with Crippen LogP contribution >= 0.6 is 0 Å². The predicted molar refractivity (Wildman–Crippen MR) is 72.3 cm³/mol. The molecule has 0 bridgehead atoms. The Labute approximate surface area is 108 Å². The monoisotopic (exact) mass is 251 g/mol. The first-order valence-corrected chi connectivity index (χ1v) is 6.61. The van der Waals surface area contributed by atoms with Gasteiger partial charge in [0.1, 0.15) is 0 Å². The molecule has 1 aromatic rings. The third kappa shape index (κ3) is 3.15. The van der Waals surface area contributed by atoms with E-state index in [4.69, 9.17) is 0 Å². The first-order chi connectivity index (χ1) is 8.35. The van der Waals surface area contributed by atoms with Crippen LogP contribution in [-0.4, -0.2) is 11.1 Å². The van der Waals surface area contributed by atoms with Gasteiger partial charge in [-0.15, -0.1) is 0 Å². The summed E-state index contributed by atoms with van der Waals surface area (Å²) in [5.74, 6) is -0.172. The standard InChI is InChI=1S/C15H22FNO/c1-10-6-12(9-15(2,3)8-10)17-11-4-5-14(18)13(16)7-11/h4-5,7,10,12,17-18H,6,8-9H2,1-3H3. The van der Waals surface area contributed by atoms with Gasteiger partial charge in [0.25, 0.3) is 0 Å². The van der Waals surface area contributed by atoms with Gasteiger partial charge in [-0.05, 0) is 42.7 Å². The molecule has 2 atom stereocenters. The second-order valence-corrected chi connectivity index (χ2v) is 6.42. The van der Waals surface area contributed by atoms with Gasteiger partial charge in [0.15, 0.2) is 11.6 Å². The van der Waals surface area contributed by atoms with Crippen molar-refractivity contribution in [2.24, 2.45) is 11.3 Å². The number of halogens is 1. The van der Waals surface area contributed by atoms with Gasteiger partial charge in [-0.2, -0.15) is 0 Å². The van der Waals surface area contributed by atoms with Crippen molar-refractivity contribution in [2.45, 2.75) is 46.1 Å². The summed E-state index contributed by atoms with van der Waals surface area (Å²) in [6.45, 7) is 6.84. The Morgan fingerprint density at radius 3 is 2.67 bits per heavy atom. The quantitative estimate of drug-likeness (QED) is 0.774. The maximum absolute atomic E-state index is 13.3. The maximum atomic E-state index is 13.3. The zero-order valence-electron chi connectivity index (χ0n) is 11.3. The average Bonchev–Trinajstić information content (AvgIpc) is 2.20. The van der Waals surface area contributed by atoms with Crippen LogP contribution in [0.25, 0.3) is 0 Å². The lowest BCUT2D eigenvalue weighted by Gasteiger charge is -2.39. The molecule has 0 saturated heterocycles. The Hall–Kier alpha value is -1.25. The zero-order valence-corrected chi connectivity index (χ0v) is 11.3. The number of hydrogen-bond donors (Lipinski definition) is 2. The molecule has 100 valence electrons. The molecule has 2 N–H and O–H groups in total. The SMILES string of the molecule is CC1CC(Nc2ccc(O)c(F)c2)CC(C)(C)C1. The summed E-state index contributed by atoms with van der Waals surface area (Å²) in [6.07, 6.45) is 3.46. The van der Waals surface area contributed by atoms with E-state index in [9.17, 15) is 9.50 Å². The summed E-state index contributed by atoms with van der Waals surface area (Å²) >= 11 is 0. The molecule has 1 saturated carbocycles. The van der Waals surface area contributed by atoms with Crippen molar-refractivity contribution in [1.29, 1.82) is 0 Å². The predicted octanol–water partition coefficient (Wildman–Crippen LogP) is 4.16. The largest absolute Gasteiger partial charge is 0.505 e. The fourth-order valence-corrected chi connectivity index (χ4v) is 3.29. The van der Waals surface area contributed by atoms with Gasteiger partial charge in [-0.1, -0.05) is 20.8 Å². The first kappa shape index (κ1) is 13.2. The minimum absolute atomic E-state index is 0.294. The molecular weight excluding hydrogens is 229 g/mol. The summed E-state index contributed by atoms with van der Waals surface area (Å²) in [5, 5.41) is 12.6. The Morgan fingerprint density at radius 2 is 2.06 bits per heavy atom. The van der Waals surface area contributed by atoms with Crippen LogP contribution in [0.15, 0.2) is 18.2 Å². The summed E-state index contributed by atoms with van der Waals surface area (Å²) in [4.78, 5) is 0. The van der Waals surface area contributed by atoms with Crippen LogP contribution in [0, 0.1) is 17.2 Å². The molecular formula is C15H22FNO. The van der Waals surface area contributed by atoms with Gasteiger partial charge in [0.05, 0.1) is 0 Å². The van der Waals surface area contributed by atoms with E-state index in [2.05, 4.69) is 26.1 Å². The molecule has 1 aromatic carbocycles. The average molecular weight is 251 g/mol. The molecule has 1 aliphatic rings. The van der Waals surface area contributed by atoms with Crippen LogP contribution in [0.2, 0.25) is 0 Å². The fourth-order valence-electron chi connectivity index (χ4n) is 3.29. The van der Waals surface area contributed by atoms with E-state index in [1.807, 2.05) is 0 Å². The third-order valence-corrected chi connectivity index (χ3v) is 3.71. The number of hydrogen-bond acceptors (Lipinski definition) is 2. The summed E-state index contributed by atoms with van der Waals surface area (Å²) in [6, 6.07) is 4.87. The number of aromatic hydroxyl groups is 1. The lowest BCUT2D eigenvalue weighted by Crippen LogP contribution is -2.35. The van der Waals surface area contributed by atoms with Crippen molar-refractivity contribution < 1.29 is 9.50 Å². The minimum Gasteiger partial charge on any atom is -0.505 e. The van der Waals surface area contributed by atoms with E-state index in [1.54, 1.807) is 6.07 Å². The molecule has 1 fully saturated rings. The second kappa shape index (κ2) is 4.79. The van der Waals surface area contributed by atoms with E-state index in [0.29, 0.717) is 17.4 Å². The molecule has 0 aromatic heterocycles. The molecule has 2 rings (SSSR count). The van der Waals surface area contributed by atoms with Gasteiger partial charge in [0.2, 0.25) is 0 Å². The maximum Gasteiger partial charge on any atom is 0.166 e. The van der Waals surface area contributed by atoms with Crippen molar-refractivity contribution >= 4 is 5.69 Å². The molecule has 0 spiro atoms. The molecule has 0 radical (unpaired) electrons. The number of anilines is 1. The lowest BCUT2D eigenvalue weighted by atomic mass is 9.70. The molecule has 0 heterocycles. The molecule has 0 amide bonds. The van der Waals surface area contributed by atoms with Gasteiger partial charge in [-0.3, -0.25) is 0 Å². The van der Waals surface area contributed by atoms with Gasteiger partial charge in [-0.25, -0.2) is 4.39 Å². The second-order valence-electron chi connectivity index (χ2n) is 6.42. The van der Waals surface area contributed by atoms with Crippen molar-refractivity contribution in [3.8, 4) is 5.75 Å². The number of phenols is 1. The number of benzene rings is 1. The minimum atomic E-state index is -0.567. The Bertz CT molecular complexity index is 431. The molecule has 2 unspecified atom stereocenters. The third-order valence-electron chi connectivity index (χ3n) is 3.71. The van der Waals surface area contributed by atoms with Gasteiger partial charge >= 0.3 is 0 Å². The first-order valence-electron chi connectivity index (χ1n) is 6.61. The molecule has 0 aliphatic heterocycles. The van der Waals surface area contributed by atoms with Crippen molar-refractivity contribution in [1.82, 2.24) is 0 Å². The lowest BCUT2D eigenvalue weighted by molar-refractivity contribution is 0.178. The molecule has 3 heteroatoms. The highest BCUT2D eigenvalue weighted by Crippen LogP contribution is 2.39. The van der Waals surface area contributed by atoms with Crippen LogP contribution in [0.3, 0.4) is 0 Å². The topological polar surface area (TPSA) is 32.3 Å². The molecule has 2 nitrogen and oxygen atoms in total. The summed E-state index contributed by atoms with van der Waals surface area (Å²) < 4.78 is 13.3. The van der Waals surface area contributed by atoms with E-state index in [-0.39, 0.29) is 5.75 Å². The van der Waals surface area contributed by atoms with Gasteiger partial charge < -0.3 is 10.4 Å². The summed E-state index contributed by atoms with van der Waals surface area (Å²) in [7, 11) is 0. The summed E-state index contributed by atoms with van der Waals surface area (Å²) in [5.41, 5.74) is 1.09. The number of rotatable bonds is 2. The zero-order chi connectivity index (χ0) is 13.3. The highest BCUT2D eigenvalue weighted by Gasteiger charge is 2.31. The molecule has 1 aliphatic carbocycles. The van der Waals surface area contributed by atoms with Crippen LogP contribution in [-0.2, 0) is 0 Å². The Kier molecular flexibility index (Phi) is 3.51. The van der Waals surface area contributed by atoms with Crippen LogP contribution < -0.4 is 5.32 Å². The normalized spacial score (nSPS) is 26.9. The van der Waals surface area contributed by atoms with Crippen molar-refractivity contribution in [3.05, 3.63) is 24.0 Å². The Balaban J connectivity index is 2.06. The van der Waals surface area contributed by atoms with Crippen LogP contribution in [0.1, 0.15) is 40.0 Å². The highest BCUT2D eigenvalue weighted by molar-refractivity contribution is 5.47. The van der Waals surface area contributed by atoms with E-state index in [0.717, 1.165) is 18.5 Å². The van der Waals surface area contributed by atoms with Crippen molar-refractivity contribution in [2.75, 3.05) is 5.32 Å². The smallest absolute Gasteiger partial charge is 0.166 e. The fraction of sp³-hybridized carbons (Fsp3) is 0.600. The van der Waals surface area contributed by atoms with Gasteiger partial charge in [0, 0.05) is 17.8 Å². The van der Waals surface area contributed by atoms with Crippen LogP contribution in [0.4, 0.5) is 10.1 Å². The van der Waals surface area contributed by atoms with E-state index < -0.39 is 5.82 Å². The Morgan fingerprint density at radius 1 is 1.33 bits per heavy atom. The van der Waals surface area contributed by atoms with E-state index >= 15 is 0 Å². The van der Waals surface area contributed by atoms with Crippen molar-refractivity contribution in [3.63, 3.8) is 0 Å². The molecule has 18 heavy (non-hydrogen) atoms. The van der Waals surface area contributed by atoms with E-state index in [1.165, 1.54) is 18.6 Å². The van der Waals surface area contributed by atoms with Crippen LogP contribution in [0.5, 0.6) is 5.75 Å². The highest BCUT2D eigenvalue weighted by atomic mass is 19.1. The number of nitrogens with one attached hydrogen (secondary N) is 1. The number of phenolic OH excluding ortho intramolecular Hbond substituents is 1.